The fourth-order valence-electron chi connectivity index (χ4n) is 1.50. The van der Waals surface area contributed by atoms with Crippen molar-refractivity contribution in [1.29, 1.82) is 0 Å². The first-order chi connectivity index (χ1) is 8.86. The lowest BCUT2D eigenvalue weighted by Gasteiger charge is -2.10. The summed E-state index contributed by atoms with van der Waals surface area (Å²) in [6.45, 7) is 10.8. The Morgan fingerprint density at radius 2 is 2.11 bits per heavy atom. The van der Waals surface area contributed by atoms with E-state index in [9.17, 15) is 9.59 Å². The quantitative estimate of drug-likeness (QED) is 0.623. The number of ether oxygens (including phenoxy) is 1. The standard InChI is InChI=1S/C14H18N2O3/c1-8(2)10(4)13(17)15-7-11-12(19-5)6-9(3)16-14(11)18/h6H,1,4,7H2,2-3,5H3,(H,15,17)(H,16,18). The zero-order valence-corrected chi connectivity index (χ0v) is 11.4. The van der Waals surface area contributed by atoms with E-state index in [1.54, 1.807) is 19.9 Å². The van der Waals surface area contributed by atoms with E-state index in [1.165, 1.54) is 7.11 Å². The minimum Gasteiger partial charge on any atom is -0.496 e. The molecular formula is C14H18N2O3. The molecule has 0 radical (unpaired) electrons. The number of carbonyl (C=O) groups excluding carboxylic acids is 1. The zero-order valence-electron chi connectivity index (χ0n) is 11.4. The number of hydrogen-bond acceptors (Lipinski definition) is 3. The van der Waals surface area contributed by atoms with Gasteiger partial charge in [-0.1, -0.05) is 13.2 Å². The number of methoxy groups -OCH3 is 1. The highest BCUT2D eigenvalue weighted by molar-refractivity contribution is 5.96. The Labute approximate surface area is 112 Å². The summed E-state index contributed by atoms with van der Waals surface area (Å²) in [4.78, 5) is 26.2. The number of H-pyrrole nitrogens is 1. The fourth-order valence-corrected chi connectivity index (χ4v) is 1.50. The Hall–Kier alpha value is -2.30. The van der Waals surface area contributed by atoms with Crippen LogP contribution in [0.25, 0.3) is 0 Å². The van der Waals surface area contributed by atoms with Crippen molar-refractivity contribution in [2.75, 3.05) is 7.11 Å². The van der Waals surface area contributed by atoms with Crippen LogP contribution in [-0.4, -0.2) is 18.0 Å². The molecule has 1 heterocycles. The van der Waals surface area contributed by atoms with Gasteiger partial charge in [0.25, 0.3) is 11.5 Å². The van der Waals surface area contributed by atoms with E-state index in [1.807, 2.05) is 0 Å². The van der Waals surface area contributed by atoms with Crippen molar-refractivity contribution >= 4 is 5.91 Å². The number of carbonyl (C=O) groups is 1. The average molecular weight is 262 g/mol. The molecule has 0 saturated heterocycles. The van der Waals surface area contributed by atoms with E-state index in [0.717, 1.165) is 0 Å². The molecule has 1 rings (SSSR count). The predicted molar refractivity (Wildman–Crippen MR) is 74.2 cm³/mol. The van der Waals surface area contributed by atoms with Crippen molar-refractivity contribution in [2.24, 2.45) is 0 Å². The molecule has 5 heteroatoms. The van der Waals surface area contributed by atoms with Gasteiger partial charge in [0.05, 0.1) is 19.2 Å². The summed E-state index contributed by atoms with van der Waals surface area (Å²) in [6, 6.07) is 1.70. The third kappa shape index (κ3) is 3.58. The lowest BCUT2D eigenvalue weighted by Crippen LogP contribution is -2.28. The Bertz CT molecular complexity index is 585. The van der Waals surface area contributed by atoms with Crippen LogP contribution >= 0.6 is 0 Å². The van der Waals surface area contributed by atoms with E-state index in [4.69, 9.17) is 4.74 Å². The van der Waals surface area contributed by atoms with Crippen LogP contribution in [0.3, 0.4) is 0 Å². The normalized spacial score (nSPS) is 9.84. The largest absolute Gasteiger partial charge is 0.496 e. The van der Waals surface area contributed by atoms with Crippen molar-refractivity contribution < 1.29 is 9.53 Å². The summed E-state index contributed by atoms with van der Waals surface area (Å²) in [5.74, 6) is 0.0945. The number of aryl methyl sites for hydroxylation is 1. The molecule has 0 atom stereocenters. The second-order valence-electron chi connectivity index (χ2n) is 4.27. The van der Waals surface area contributed by atoms with Crippen LogP contribution in [0.15, 0.2) is 35.2 Å². The first-order valence-corrected chi connectivity index (χ1v) is 5.76. The molecule has 1 amide bonds. The molecule has 0 saturated carbocycles. The second kappa shape index (κ2) is 6.04. The third-order valence-corrected chi connectivity index (χ3v) is 2.66. The van der Waals surface area contributed by atoms with Crippen LogP contribution in [0, 0.1) is 6.92 Å². The molecule has 0 unspecified atom stereocenters. The molecule has 0 fully saturated rings. The Balaban J connectivity index is 2.90. The van der Waals surface area contributed by atoms with Crippen molar-refractivity contribution in [2.45, 2.75) is 20.4 Å². The SMILES string of the molecule is C=C(C)C(=C)C(=O)NCc1c(OC)cc(C)[nH]c1=O. The highest BCUT2D eigenvalue weighted by Gasteiger charge is 2.12. The smallest absolute Gasteiger partial charge is 0.256 e. The lowest BCUT2D eigenvalue weighted by molar-refractivity contribution is -0.117. The van der Waals surface area contributed by atoms with Crippen LogP contribution in [0.4, 0.5) is 0 Å². The van der Waals surface area contributed by atoms with Gasteiger partial charge >= 0.3 is 0 Å². The molecule has 2 N–H and O–H groups in total. The second-order valence-corrected chi connectivity index (χ2v) is 4.27. The summed E-state index contributed by atoms with van der Waals surface area (Å²) in [5, 5.41) is 2.62. The first kappa shape index (κ1) is 14.8. The van der Waals surface area contributed by atoms with E-state index >= 15 is 0 Å². The van der Waals surface area contributed by atoms with Crippen LogP contribution in [0.1, 0.15) is 18.2 Å². The number of nitrogens with one attached hydrogen (secondary N) is 2. The van der Waals surface area contributed by atoms with E-state index in [0.29, 0.717) is 28.2 Å². The molecule has 19 heavy (non-hydrogen) atoms. The van der Waals surface area contributed by atoms with Gasteiger partial charge in [-0.05, 0) is 25.5 Å². The number of aromatic amines is 1. The van der Waals surface area contributed by atoms with Gasteiger partial charge in [0.1, 0.15) is 5.75 Å². The molecule has 0 aromatic carbocycles. The van der Waals surface area contributed by atoms with E-state index < -0.39 is 0 Å². The van der Waals surface area contributed by atoms with E-state index in [-0.39, 0.29) is 18.0 Å². The minimum atomic E-state index is -0.352. The number of rotatable bonds is 5. The van der Waals surface area contributed by atoms with Gasteiger partial charge in [0.15, 0.2) is 0 Å². The lowest BCUT2D eigenvalue weighted by atomic mass is 10.1. The van der Waals surface area contributed by atoms with Crippen LogP contribution in [-0.2, 0) is 11.3 Å². The number of pyridine rings is 1. The summed E-state index contributed by atoms with van der Waals surface area (Å²) >= 11 is 0. The topological polar surface area (TPSA) is 71.2 Å². The maximum atomic E-state index is 11.8. The van der Waals surface area contributed by atoms with Gasteiger partial charge in [-0.25, -0.2) is 0 Å². The molecule has 0 aliphatic heterocycles. The summed E-state index contributed by atoms with van der Waals surface area (Å²) in [7, 11) is 1.48. The first-order valence-electron chi connectivity index (χ1n) is 5.76. The van der Waals surface area contributed by atoms with Crippen molar-refractivity contribution in [1.82, 2.24) is 10.3 Å². The highest BCUT2D eigenvalue weighted by Crippen LogP contribution is 2.14. The molecule has 0 bridgehead atoms. The summed E-state index contributed by atoms with van der Waals surface area (Å²) < 4.78 is 5.14. The minimum absolute atomic E-state index is 0.0733. The number of amides is 1. The van der Waals surface area contributed by atoms with Crippen LogP contribution in [0.5, 0.6) is 5.75 Å². The molecule has 5 nitrogen and oxygen atoms in total. The van der Waals surface area contributed by atoms with Gasteiger partial charge in [-0.15, -0.1) is 0 Å². The highest BCUT2D eigenvalue weighted by atomic mass is 16.5. The Morgan fingerprint density at radius 3 is 2.63 bits per heavy atom. The van der Waals surface area contributed by atoms with Crippen molar-refractivity contribution in [3.63, 3.8) is 0 Å². The van der Waals surface area contributed by atoms with Crippen molar-refractivity contribution in [3.8, 4) is 5.75 Å². The molecule has 0 aliphatic carbocycles. The number of aromatic nitrogens is 1. The van der Waals surface area contributed by atoms with Crippen LogP contribution < -0.4 is 15.6 Å². The Kier molecular flexibility index (Phi) is 4.69. The maximum Gasteiger partial charge on any atom is 0.256 e. The number of hydrogen-bond donors (Lipinski definition) is 2. The van der Waals surface area contributed by atoms with Gasteiger partial charge in [-0.3, -0.25) is 9.59 Å². The molecule has 102 valence electrons. The molecule has 1 aromatic heterocycles. The zero-order chi connectivity index (χ0) is 14.6. The monoisotopic (exact) mass is 262 g/mol. The molecule has 0 spiro atoms. The van der Waals surface area contributed by atoms with E-state index in [2.05, 4.69) is 23.5 Å². The fraction of sp³-hybridized carbons (Fsp3) is 0.286. The molecule has 1 aromatic rings. The van der Waals surface area contributed by atoms with Crippen LogP contribution in [0.2, 0.25) is 0 Å². The van der Waals surface area contributed by atoms with Gasteiger partial charge in [0, 0.05) is 11.3 Å². The molecule has 0 aliphatic rings. The Morgan fingerprint density at radius 1 is 1.47 bits per heavy atom. The van der Waals surface area contributed by atoms with Crippen molar-refractivity contribution in [3.05, 3.63) is 52.0 Å². The maximum absolute atomic E-state index is 11.8. The summed E-state index contributed by atoms with van der Waals surface area (Å²) in [6.07, 6.45) is 0. The third-order valence-electron chi connectivity index (χ3n) is 2.66. The van der Waals surface area contributed by atoms with Gasteiger partial charge in [-0.2, -0.15) is 0 Å². The average Bonchev–Trinajstić information content (AvgIpc) is 2.35. The molecular weight excluding hydrogens is 244 g/mol. The predicted octanol–water partition coefficient (Wildman–Crippen LogP) is 1.44. The van der Waals surface area contributed by atoms with Gasteiger partial charge in [0.2, 0.25) is 0 Å². The van der Waals surface area contributed by atoms with Gasteiger partial charge < -0.3 is 15.0 Å². The summed E-state index contributed by atoms with van der Waals surface area (Å²) in [5.41, 5.74) is 1.67.